The molecule has 1 heterocycles. The number of hydrogen-bond donors (Lipinski definition) is 1. The summed E-state index contributed by atoms with van der Waals surface area (Å²) in [6.45, 7) is 4.31. The van der Waals surface area contributed by atoms with Gasteiger partial charge >= 0.3 is 0 Å². The zero-order valence-electron chi connectivity index (χ0n) is 20.5. The largest absolute Gasteiger partial charge is 0.436 e. The van der Waals surface area contributed by atoms with Crippen LogP contribution in [0.3, 0.4) is 0 Å². The fourth-order valence-corrected chi connectivity index (χ4v) is 4.21. The molecule has 3 rings (SSSR count). The van der Waals surface area contributed by atoms with E-state index in [0.29, 0.717) is 12.3 Å². The van der Waals surface area contributed by atoms with Crippen molar-refractivity contribution in [3.05, 3.63) is 48.0 Å². The molecule has 0 aliphatic heterocycles. The van der Waals surface area contributed by atoms with E-state index < -0.39 is 0 Å². The van der Waals surface area contributed by atoms with Gasteiger partial charge in [-0.1, -0.05) is 83.6 Å². The molecule has 4 nitrogen and oxygen atoms in total. The standard InChI is InChI=1S/C29H40N2O2/c1-3-4-5-6-7-8-9-10-11-12-13-14-15-28(32)30-25-19-17-24(18-20-25)29-31-26-22-23(2)16-21-27(26)33-29/h16-22H,3-15H2,1-2H3,(H,30,32). The van der Waals surface area contributed by atoms with E-state index in [1.54, 1.807) is 0 Å². The van der Waals surface area contributed by atoms with Crippen LogP contribution in [0.5, 0.6) is 0 Å². The van der Waals surface area contributed by atoms with Gasteiger partial charge in [0.25, 0.3) is 0 Å². The predicted molar refractivity (Wildman–Crippen MR) is 139 cm³/mol. The van der Waals surface area contributed by atoms with Crippen molar-refractivity contribution in [3.63, 3.8) is 0 Å². The lowest BCUT2D eigenvalue weighted by atomic mass is 10.0. The molecule has 0 radical (unpaired) electrons. The van der Waals surface area contributed by atoms with Gasteiger partial charge in [0.15, 0.2) is 5.58 Å². The summed E-state index contributed by atoms with van der Waals surface area (Å²) >= 11 is 0. The maximum absolute atomic E-state index is 12.3. The lowest BCUT2D eigenvalue weighted by Gasteiger charge is -2.06. The second-order valence-electron chi connectivity index (χ2n) is 9.25. The van der Waals surface area contributed by atoms with Gasteiger partial charge in [-0.05, 0) is 55.3 Å². The van der Waals surface area contributed by atoms with Crippen LogP contribution in [0.2, 0.25) is 0 Å². The van der Waals surface area contributed by atoms with Gasteiger partial charge < -0.3 is 9.73 Å². The molecule has 0 fully saturated rings. The van der Waals surface area contributed by atoms with Gasteiger partial charge in [0.1, 0.15) is 5.52 Å². The number of aromatic nitrogens is 1. The number of anilines is 1. The van der Waals surface area contributed by atoms with Crippen LogP contribution < -0.4 is 5.32 Å². The maximum Gasteiger partial charge on any atom is 0.227 e. The number of amides is 1. The second kappa shape index (κ2) is 13.8. The summed E-state index contributed by atoms with van der Waals surface area (Å²) in [6.07, 6.45) is 16.2. The topological polar surface area (TPSA) is 55.1 Å². The quantitative estimate of drug-likeness (QED) is 0.236. The van der Waals surface area contributed by atoms with Crippen LogP contribution in [-0.4, -0.2) is 10.9 Å². The van der Waals surface area contributed by atoms with E-state index >= 15 is 0 Å². The maximum atomic E-state index is 12.3. The number of benzene rings is 2. The third-order valence-corrected chi connectivity index (χ3v) is 6.22. The summed E-state index contributed by atoms with van der Waals surface area (Å²) in [7, 11) is 0. The highest BCUT2D eigenvalue weighted by Crippen LogP contribution is 2.26. The molecule has 0 unspecified atom stereocenters. The number of oxazole rings is 1. The number of aryl methyl sites for hydroxylation is 1. The van der Waals surface area contributed by atoms with Gasteiger partial charge in [-0.3, -0.25) is 4.79 Å². The monoisotopic (exact) mass is 448 g/mol. The van der Waals surface area contributed by atoms with Gasteiger partial charge in [0.2, 0.25) is 11.8 Å². The Balaban J connectivity index is 1.28. The van der Waals surface area contributed by atoms with Crippen molar-refractivity contribution in [2.24, 2.45) is 0 Å². The number of hydrogen-bond acceptors (Lipinski definition) is 3. The van der Waals surface area contributed by atoms with E-state index in [0.717, 1.165) is 40.8 Å². The third kappa shape index (κ3) is 8.68. The van der Waals surface area contributed by atoms with Crippen LogP contribution in [0.15, 0.2) is 46.9 Å². The van der Waals surface area contributed by atoms with Crippen LogP contribution in [0.1, 0.15) is 96.0 Å². The van der Waals surface area contributed by atoms with Crippen molar-refractivity contribution >= 4 is 22.7 Å². The number of carbonyl (C=O) groups excluding carboxylic acids is 1. The SMILES string of the molecule is CCCCCCCCCCCCCCC(=O)Nc1ccc(-c2nc3cc(C)ccc3o2)cc1. The molecule has 4 heteroatoms. The van der Waals surface area contributed by atoms with Crippen LogP contribution in [0, 0.1) is 6.92 Å². The molecular weight excluding hydrogens is 408 g/mol. The fourth-order valence-electron chi connectivity index (χ4n) is 4.21. The predicted octanol–water partition coefficient (Wildman–Crippen LogP) is 8.83. The van der Waals surface area contributed by atoms with Gasteiger partial charge in [0, 0.05) is 17.7 Å². The summed E-state index contributed by atoms with van der Waals surface area (Å²) in [6, 6.07) is 13.7. The Morgan fingerprint density at radius 1 is 0.818 bits per heavy atom. The number of carbonyl (C=O) groups is 1. The minimum atomic E-state index is 0.0900. The number of unbranched alkanes of at least 4 members (excludes halogenated alkanes) is 11. The Morgan fingerprint density at radius 3 is 2.06 bits per heavy atom. The smallest absolute Gasteiger partial charge is 0.227 e. The van der Waals surface area contributed by atoms with Crippen molar-refractivity contribution in [2.45, 2.75) is 97.3 Å². The number of rotatable bonds is 15. The van der Waals surface area contributed by atoms with Crippen LogP contribution in [0.4, 0.5) is 5.69 Å². The van der Waals surface area contributed by atoms with Crippen molar-refractivity contribution in [2.75, 3.05) is 5.32 Å². The van der Waals surface area contributed by atoms with E-state index in [2.05, 4.69) is 17.2 Å². The summed E-state index contributed by atoms with van der Waals surface area (Å²) in [5, 5.41) is 3.00. The van der Waals surface area contributed by atoms with Crippen LogP contribution in [-0.2, 0) is 4.79 Å². The first-order chi connectivity index (χ1) is 16.2. The number of fused-ring (bicyclic) bond motifs is 1. The van der Waals surface area contributed by atoms with Crippen molar-refractivity contribution in [3.8, 4) is 11.5 Å². The summed E-state index contributed by atoms with van der Waals surface area (Å²) in [5.41, 5.74) is 4.53. The first-order valence-corrected chi connectivity index (χ1v) is 12.9. The van der Waals surface area contributed by atoms with Crippen molar-refractivity contribution in [1.29, 1.82) is 0 Å². The van der Waals surface area contributed by atoms with Gasteiger partial charge in [0.05, 0.1) is 0 Å². The van der Waals surface area contributed by atoms with Crippen molar-refractivity contribution in [1.82, 2.24) is 4.98 Å². The summed E-state index contributed by atoms with van der Waals surface area (Å²) in [5.74, 6) is 0.692. The van der Waals surface area contributed by atoms with E-state index in [4.69, 9.17) is 4.42 Å². The molecule has 0 spiro atoms. The van der Waals surface area contributed by atoms with Gasteiger partial charge in [-0.2, -0.15) is 0 Å². The van der Waals surface area contributed by atoms with E-state index in [1.165, 1.54) is 64.2 Å². The van der Waals surface area contributed by atoms with Crippen molar-refractivity contribution < 1.29 is 9.21 Å². The molecule has 0 bridgehead atoms. The Labute approximate surface area is 199 Å². The van der Waals surface area contributed by atoms with E-state index in [1.807, 2.05) is 49.4 Å². The zero-order chi connectivity index (χ0) is 23.3. The second-order valence-corrected chi connectivity index (χ2v) is 9.25. The van der Waals surface area contributed by atoms with E-state index in [-0.39, 0.29) is 5.91 Å². The minimum Gasteiger partial charge on any atom is -0.436 e. The highest BCUT2D eigenvalue weighted by Gasteiger charge is 2.09. The van der Waals surface area contributed by atoms with E-state index in [9.17, 15) is 4.79 Å². The van der Waals surface area contributed by atoms with Crippen LogP contribution >= 0.6 is 0 Å². The molecule has 0 atom stereocenters. The van der Waals surface area contributed by atoms with Gasteiger partial charge in [-0.15, -0.1) is 0 Å². The molecule has 0 saturated carbocycles. The molecule has 1 N–H and O–H groups in total. The lowest BCUT2D eigenvalue weighted by Crippen LogP contribution is -2.10. The third-order valence-electron chi connectivity index (χ3n) is 6.22. The normalized spacial score (nSPS) is 11.2. The zero-order valence-corrected chi connectivity index (χ0v) is 20.5. The first kappa shape index (κ1) is 25.0. The molecule has 1 aromatic heterocycles. The average Bonchev–Trinajstić information content (AvgIpc) is 3.23. The highest BCUT2D eigenvalue weighted by molar-refractivity contribution is 5.91. The molecule has 2 aromatic carbocycles. The fraction of sp³-hybridized carbons (Fsp3) is 0.517. The summed E-state index contributed by atoms with van der Waals surface area (Å²) < 4.78 is 5.86. The minimum absolute atomic E-state index is 0.0900. The Bertz CT molecular complexity index is 975. The molecule has 0 aliphatic rings. The Morgan fingerprint density at radius 2 is 1.42 bits per heavy atom. The first-order valence-electron chi connectivity index (χ1n) is 12.9. The molecule has 1 amide bonds. The number of nitrogens with one attached hydrogen (secondary N) is 1. The van der Waals surface area contributed by atoms with Gasteiger partial charge in [-0.25, -0.2) is 4.98 Å². The molecule has 33 heavy (non-hydrogen) atoms. The lowest BCUT2D eigenvalue weighted by molar-refractivity contribution is -0.116. The average molecular weight is 449 g/mol. The number of nitrogens with zero attached hydrogens (tertiary/aromatic N) is 1. The van der Waals surface area contributed by atoms with Crippen LogP contribution in [0.25, 0.3) is 22.6 Å². The Kier molecular flexibility index (Phi) is 10.5. The molecule has 0 aliphatic carbocycles. The Hall–Kier alpha value is -2.62. The molecule has 0 saturated heterocycles. The molecule has 3 aromatic rings. The highest BCUT2D eigenvalue weighted by atomic mass is 16.3. The molecule has 178 valence electrons. The summed E-state index contributed by atoms with van der Waals surface area (Å²) in [4.78, 5) is 16.8. The molecular formula is C29H40N2O2.